The highest BCUT2D eigenvalue weighted by molar-refractivity contribution is 5.85. The molecule has 2 N–H and O–H groups in total. The molecule has 1 amide bonds. The highest BCUT2D eigenvalue weighted by Gasteiger charge is 2.24. The third-order valence-electron chi connectivity index (χ3n) is 4.52. The second kappa shape index (κ2) is 8.32. The van der Waals surface area contributed by atoms with E-state index < -0.39 is 0 Å². The monoisotopic (exact) mass is 332 g/mol. The summed E-state index contributed by atoms with van der Waals surface area (Å²) in [5.74, 6) is 0.391. The van der Waals surface area contributed by atoms with Gasteiger partial charge in [0, 0.05) is 18.5 Å². The molecule has 124 valence electrons. The molecule has 1 saturated heterocycles. The van der Waals surface area contributed by atoms with Crippen molar-refractivity contribution < 1.29 is 4.79 Å². The Labute approximate surface area is 144 Å². The molecule has 0 spiro atoms. The minimum atomic E-state index is 0. The molecule has 0 aromatic heterocycles. The van der Waals surface area contributed by atoms with Crippen LogP contribution in [0.15, 0.2) is 42.5 Å². The van der Waals surface area contributed by atoms with Crippen LogP contribution in [-0.4, -0.2) is 25.0 Å². The zero-order valence-corrected chi connectivity index (χ0v) is 14.4. The van der Waals surface area contributed by atoms with Crippen LogP contribution in [0, 0.1) is 5.92 Å². The lowest BCUT2D eigenvalue weighted by Crippen LogP contribution is -2.42. The Morgan fingerprint density at radius 1 is 1.22 bits per heavy atom. The molecule has 1 aliphatic rings. The van der Waals surface area contributed by atoms with Crippen molar-refractivity contribution >= 4 is 29.1 Å². The van der Waals surface area contributed by atoms with E-state index in [0.29, 0.717) is 6.04 Å². The predicted molar refractivity (Wildman–Crippen MR) is 98.1 cm³/mol. The van der Waals surface area contributed by atoms with Gasteiger partial charge in [0.1, 0.15) is 0 Å². The first-order chi connectivity index (χ1) is 10.7. The van der Waals surface area contributed by atoms with Gasteiger partial charge in [0.2, 0.25) is 5.91 Å². The van der Waals surface area contributed by atoms with E-state index in [0.717, 1.165) is 32.4 Å². The van der Waals surface area contributed by atoms with Crippen molar-refractivity contribution in [3.05, 3.63) is 48.0 Å². The number of fused-ring (bicyclic) bond motifs is 1. The molecular weight excluding hydrogens is 308 g/mol. The zero-order chi connectivity index (χ0) is 15.4. The Morgan fingerprint density at radius 2 is 2.00 bits per heavy atom. The Kier molecular flexibility index (Phi) is 6.43. The van der Waals surface area contributed by atoms with Crippen LogP contribution in [0.1, 0.15) is 25.3 Å². The Bertz CT molecular complexity index is 659. The van der Waals surface area contributed by atoms with Crippen LogP contribution in [0.5, 0.6) is 0 Å². The minimum Gasteiger partial charge on any atom is -0.356 e. The molecule has 2 aromatic rings. The number of amides is 1. The van der Waals surface area contributed by atoms with E-state index >= 15 is 0 Å². The lowest BCUT2D eigenvalue weighted by atomic mass is 9.92. The molecule has 2 aromatic carbocycles. The van der Waals surface area contributed by atoms with Crippen molar-refractivity contribution in [2.75, 3.05) is 13.1 Å². The van der Waals surface area contributed by atoms with E-state index in [1.54, 1.807) is 0 Å². The van der Waals surface area contributed by atoms with Gasteiger partial charge in [-0.1, -0.05) is 42.5 Å². The van der Waals surface area contributed by atoms with Gasteiger partial charge in [-0.15, -0.1) is 12.4 Å². The van der Waals surface area contributed by atoms with Crippen LogP contribution >= 0.6 is 12.4 Å². The molecule has 23 heavy (non-hydrogen) atoms. The summed E-state index contributed by atoms with van der Waals surface area (Å²) in [5, 5.41) is 9.01. The summed E-state index contributed by atoms with van der Waals surface area (Å²) in [6, 6.07) is 15.3. The maximum Gasteiger partial charge on any atom is 0.223 e. The number of nitrogens with one attached hydrogen (secondary N) is 2. The molecule has 0 unspecified atom stereocenters. The normalized spacial score (nSPS) is 20.7. The third-order valence-corrected chi connectivity index (χ3v) is 4.52. The number of benzene rings is 2. The number of carbonyl (C=O) groups is 1. The Balaban J connectivity index is 0.00000192. The van der Waals surface area contributed by atoms with E-state index in [4.69, 9.17) is 0 Å². The molecule has 2 atom stereocenters. The van der Waals surface area contributed by atoms with Gasteiger partial charge in [0.05, 0.1) is 0 Å². The SMILES string of the molecule is C[C@H]1C[C@@H](C(=O)NCCc2ccc3ccccc3c2)CCN1.Cl. The van der Waals surface area contributed by atoms with Gasteiger partial charge in [0.15, 0.2) is 0 Å². The topological polar surface area (TPSA) is 41.1 Å². The summed E-state index contributed by atoms with van der Waals surface area (Å²) in [6.07, 6.45) is 2.78. The van der Waals surface area contributed by atoms with E-state index in [-0.39, 0.29) is 24.2 Å². The van der Waals surface area contributed by atoms with Crippen LogP contribution in [0.4, 0.5) is 0 Å². The van der Waals surface area contributed by atoms with Gasteiger partial charge in [0.25, 0.3) is 0 Å². The molecule has 4 heteroatoms. The zero-order valence-electron chi connectivity index (χ0n) is 13.5. The van der Waals surface area contributed by atoms with E-state index in [1.807, 2.05) is 0 Å². The summed E-state index contributed by atoms with van der Waals surface area (Å²) in [4.78, 5) is 12.2. The Hall–Kier alpha value is -1.58. The summed E-state index contributed by atoms with van der Waals surface area (Å²) in [7, 11) is 0. The molecule has 1 heterocycles. The number of hydrogen-bond acceptors (Lipinski definition) is 2. The van der Waals surface area contributed by atoms with Gasteiger partial charge in [-0.3, -0.25) is 4.79 Å². The summed E-state index contributed by atoms with van der Waals surface area (Å²) < 4.78 is 0. The molecule has 0 saturated carbocycles. The van der Waals surface area contributed by atoms with Crippen molar-refractivity contribution in [1.29, 1.82) is 0 Å². The standard InChI is InChI=1S/C19H24N2O.ClH/c1-14-12-18(9-11-20-14)19(22)21-10-8-15-6-7-16-4-2-3-5-17(16)13-15;/h2-7,13-14,18,20H,8-12H2,1H3,(H,21,22);1H/t14-,18-;/m0./s1. The van der Waals surface area contributed by atoms with Gasteiger partial charge in [-0.2, -0.15) is 0 Å². The second-order valence-corrected chi connectivity index (χ2v) is 6.30. The van der Waals surface area contributed by atoms with Crippen molar-refractivity contribution in [1.82, 2.24) is 10.6 Å². The average Bonchev–Trinajstić information content (AvgIpc) is 2.54. The molecule has 3 rings (SSSR count). The molecule has 0 radical (unpaired) electrons. The number of rotatable bonds is 4. The molecule has 1 fully saturated rings. The quantitative estimate of drug-likeness (QED) is 0.902. The van der Waals surface area contributed by atoms with Gasteiger partial charge in [-0.05, 0) is 49.1 Å². The molecular formula is C19H25ClN2O. The Morgan fingerprint density at radius 3 is 2.78 bits per heavy atom. The summed E-state index contributed by atoms with van der Waals surface area (Å²) in [5.41, 5.74) is 1.28. The third kappa shape index (κ3) is 4.69. The number of carbonyl (C=O) groups excluding carboxylic acids is 1. The largest absolute Gasteiger partial charge is 0.356 e. The highest BCUT2D eigenvalue weighted by Crippen LogP contribution is 2.17. The van der Waals surface area contributed by atoms with Gasteiger partial charge < -0.3 is 10.6 Å². The van der Waals surface area contributed by atoms with Crippen molar-refractivity contribution in [2.24, 2.45) is 5.92 Å². The van der Waals surface area contributed by atoms with Crippen LogP contribution in [-0.2, 0) is 11.2 Å². The summed E-state index contributed by atoms with van der Waals surface area (Å²) in [6.45, 7) is 3.81. The maximum absolute atomic E-state index is 12.2. The van der Waals surface area contributed by atoms with E-state index in [2.05, 4.69) is 60.0 Å². The fourth-order valence-corrected chi connectivity index (χ4v) is 3.24. The second-order valence-electron chi connectivity index (χ2n) is 6.30. The fraction of sp³-hybridized carbons (Fsp3) is 0.421. The van der Waals surface area contributed by atoms with E-state index in [1.165, 1.54) is 16.3 Å². The predicted octanol–water partition coefficient (Wildman–Crippen LogP) is 3.31. The van der Waals surface area contributed by atoms with Crippen LogP contribution in [0.25, 0.3) is 10.8 Å². The number of halogens is 1. The molecule has 3 nitrogen and oxygen atoms in total. The van der Waals surface area contributed by atoms with E-state index in [9.17, 15) is 4.79 Å². The van der Waals surface area contributed by atoms with Crippen LogP contribution in [0.2, 0.25) is 0 Å². The minimum absolute atomic E-state index is 0. The summed E-state index contributed by atoms with van der Waals surface area (Å²) >= 11 is 0. The van der Waals surface area contributed by atoms with Crippen molar-refractivity contribution in [2.45, 2.75) is 32.2 Å². The van der Waals surface area contributed by atoms with Gasteiger partial charge >= 0.3 is 0 Å². The maximum atomic E-state index is 12.2. The van der Waals surface area contributed by atoms with Crippen molar-refractivity contribution in [3.8, 4) is 0 Å². The first-order valence-corrected chi connectivity index (χ1v) is 8.21. The van der Waals surface area contributed by atoms with Crippen LogP contribution in [0.3, 0.4) is 0 Å². The van der Waals surface area contributed by atoms with Crippen LogP contribution < -0.4 is 10.6 Å². The lowest BCUT2D eigenvalue weighted by molar-refractivity contribution is -0.126. The van der Waals surface area contributed by atoms with Crippen molar-refractivity contribution in [3.63, 3.8) is 0 Å². The first-order valence-electron chi connectivity index (χ1n) is 8.21. The van der Waals surface area contributed by atoms with Gasteiger partial charge in [-0.25, -0.2) is 0 Å². The average molecular weight is 333 g/mol. The number of hydrogen-bond donors (Lipinski definition) is 2. The molecule has 1 aliphatic heterocycles. The number of piperidine rings is 1. The highest BCUT2D eigenvalue weighted by atomic mass is 35.5. The lowest BCUT2D eigenvalue weighted by Gasteiger charge is -2.27. The molecule has 0 bridgehead atoms. The fourth-order valence-electron chi connectivity index (χ4n) is 3.24. The first kappa shape index (κ1) is 17.8. The molecule has 0 aliphatic carbocycles. The smallest absolute Gasteiger partial charge is 0.223 e.